The van der Waals surface area contributed by atoms with Crippen molar-refractivity contribution in [3.8, 4) is 5.75 Å². The van der Waals surface area contributed by atoms with Crippen LogP contribution in [-0.2, 0) is 0 Å². The number of aryl methyl sites for hydroxylation is 2. The fourth-order valence-electron chi connectivity index (χ4n) is 3.05. The molecule has 2 aromatic heterocycles. The Balaban J connectivity index is 0.000000948. The predicted molar refractivity (Wildman–Crippen MR) is 99.6 cm³/mol. The molecule has 1 aliphatic rings. The number of anilines is 1. The van der Waals surface area contributed by atoms with Crippen LogP contribution < -0.4 is 9.64 Å². The van der Waals surface area contributed by atoms with E-state index in [0.29, 0.717) is 30.2 Å². The fourth-order valence-corrected chi connectivity index (χ4v) is 3.05. The second-order valence-corrected chi connectivity index (χ2v) is 5.92. The highest BCUT2D eigenvalue weighted by molar-refractivity contribution is 6.07. The third-order valence-electron chi connectivity index (χ3n) is 4.25. The summed E-state index contributed by atoms with van der Waals surface area (Å²) in [4.78, 5) is 19.0. The van der Waals surface area contributed by atoms with Crippen LogP contribution in [0.5, 0.6) is 5.75 Å². The number of carbonyl (C=O) groups excluding carboxylic acids is 1. The van der Waals surface area contributed by atoms with Gasteiger partial charge in [0.1, 0.15) is 23.8 Å². The number of rotatable bonds is 1. The molecule has 1 aliphatic heterocycles. The highest BCUT2D eigenvalue weighted by Crippen LogP contribution is 2.33. The Labute approximate surface area is 152 Å². The van der Waals surface area contributed by atoms with Crippen molar-refractivity contribution in [2.75, 3.05) is 18.1 Å². The normalized spacial score (nSPS) is 12.9. The molecule has 136 valence electrons. The maximum Gasteiger partial charge on any atom is 0.260 e. The van der Waals surface area contributed by atoms with Gasteiger partial charge in [-0.05, 0) is 37.6 Å². The molecule has 5 nitrogen and oxygen atoms in total. The molecule has 1 amide bonds. The van der Waals surface area contributed by atoms with Crippen LogP contribution in [0.25, 0.3) is 5.65 Å². The van der Waals surface area contributed by atoms with Gasteiger partial charge in [-0.2, -0.15) is 0 Å². The van der Waals surface area contributed by atoms with Crippen LogP contribution in [-0.4, -0.2) is 28.4 Å². The van der Waals surface area contributed by atoms with Crippen molar-refractivity contribution in [1.29, 1.82) is 0 Å². The van der Waals surface area contributed by atoms with Crippen LogP contribution in [0.15, 0.2) is 36.7 Å². The lowest BCUT2D eigenvalue weighted by molar-refractivity contribution is 0.0976. The van der Waals surface area contributed by atoms with E-state index in [1.165, 1.54) is 12.1 Å². The number of pyridine rings is 1. The van der Waals surface area contributed by atoms with Gasteiger partial charge in [0.05, 0.1) is 17.8 Å². The van der Waals surface area contributed by atoms with Crippen molar-refractivity contribution in [2.45, 2.75) is 27.7 Å². The standard InChI is InChI=1S/C18H16FN3O2.C2H6/c1-11-7-13(10-22-12(2)9-20-17(11)22)18(23)21-5-6-24-16-8-14(19)3-4-15(16)21;1-2/h3-4,7-10H,5-6H2,1-2H3;1-2H3. The van der Waals surface area contributed by atoms with Crippen LogP contribution in [0.2, 0.25) is 0 Å². The summed E-state index contributed by atoms with van der Waals surface area (Å²) in [5, 5.41) is 0. The van der Waals surface area contributed by atoms with Gasteiger partial charge in [0.25, 0.3) is 5.91 Å². The second kappa shape index (κ2) is 7.15. The van der Waals surface area contributed by atoms with E-state index in [9.17, 15) is 9.18 Å². The van der Waals surface area contributed by atoms with E-state index < -0.39 is 0 Å². The first-order valence-electron chi connectivity index (χ1n) is 8.73. The average Bonchev–Trinajstić information content (AvgIpc) is 3.03. The van der Waals surface area contributed by atoms with Gasteiger partial charge in [0, 0.05) is 24.2 Å². The number of amides is 1. The van der Waals surface area contributed by atoms with Gasteiger partial charge in [-0.3, -0.25) is 4.79 Å². The molecule has 0 bridgehead atoms. The molecular formula is C20H22FN3O2. The lowest BCUT2D eigenvalue weighted by atomic mass is 10.1. The van der Waals surface area contributed by atoms with E-state index in [-0.39, 0.29) is 11.7 Å². The largest absolute Gasteiger partial charge is 0.489 e. The first kappa shape index (κ1) is 17.9. The number of carbonyl (C=O) groups is 1. The van der Waals surface area contributed by atoms with Crippen LogP contribution in [0.4, 0.5) is 10.1 Å². The molecule has 0 fully saturated rings. The molecule has 0 unspecified atom stereocenters. The molecule has 0 saturated heterocycles. The van der Waals surface area contributed by atoms with E-state index >= 15 is 0 Å². The molecule has 1 aromatic carbocycles. The Morgan fingerprint density at radius 1 is 1.23 bits per heavy atom. The summed E-state index contributed by atoms with van der Waals surface area (Å²) in [6, 6.07) is 6.06. The van der Waals surface area contributed by atoms with Gasteiger partial charge in [0.15, 0.2) is 0 Å². The van der Waals surface area contributed by atoms with Crippen molar-refractivity contribution < 1.29 is 13.9 Å². The topological polar surface area (TPSA) is 46.8 Å². The fraction of sp³-hybridized carbons (Fsp3) is 0.300. The monoisotopic (exact) mass is 355 g/mol. The van der Waals surface area contributed by atoms with Gasteiger partial charge in [-0.15, -0.1) is 0 Å². The number of nitrogens with zero attached hydrogens (tertiary/aromatic N) is 3. The Bertz CT molecular complexity index is 965. The first-order chi connectivity index (χ1) is 12.5. The van der Waals surface area contributed by atoms with Gasteiger partial charge in [0.2, 0.25) is 0 Å². The number of benzene rings is 1. The molecule has 0 aliphatic carbocycles. The third-order valence-corrected chi connectivity index (χ3v) is 4.25. The van der Waals surface area contributed by atoms with Crippen LogP contribution >= 0.6 is 0 Å². The zero-order valence-electron chi connectivity index (χ0n) is 15.4. The summed E-state index contributed by atoms with van der Waals surface area (Å²) < 4.78 is 20.8. The average molecular weight is 355 g/mol. The zero-order valence-corrected chi connectivity index (χ0v) is 15.4. The van der Waals surface area contributed by atoms with Gasteiger partial charge in [-0.1, -0.05) is 13.8 Å². The van der Waals surface area contributed by atoms with E-state index in [4.69, 9.17) is 4.74 Å². The maximum absolute atomic E-state index is 13.4. The molecule has 26 heavy (non-hydrogen) atoms. The summed E-state index contributed by atoms with van der Waals surface area (Å²) >= 11 is 0. The molecule has 3 aromatic rings. The SMILES string of the molecule is CC.Cc1cc(C(=O)N2CCOc3cc(F)ccc32)cn2c(C)cnc12. The highest BCUT2D eigenvalue weighted by Gasteiger charge is 2.25. The molecule has 0 saturated carbocycles. The summed E-state index contributed by atoms with van der Waals surface area (Å²) in [7, 11) is 0. The minimum atomic E-state index is -0.380. The molecule has 0 spiro atoms. The quantitative estimate of drug-likeness (QED) is 0.659. The van der Waals surface area contributed by atoms with Crippen molar-refractivity contribution in [2.24, 2.45) is 0 Å². The number of imidazole rings is 1. The number of halogens is 1. The van der Waals surface area contributed by atoms with E-state index in [0.717, 1.165) is 16.9 Å². The zero-order chi connectivity index (χ0) is 18.8. The number of aromatic nitrogens is 2. The first-order valence-corrected chi connectivity index (χ1v) is 8.73. The molecule has 0 atom stereocenters. The van der Waals surface area contributed by atoms with Crippen molar-refractivity contribution in [3.05, 3.63) is 59.3 Å². The summed E-state index contributed by atoms with van der Waals surface area (Å²) in [5.74, 6) is -0.121. The Hall–Kier alpha value is -2.89. The van der Waals surface area contributed by atoms with Crippen molar-refractivity contribution >= 4 is 17.2 Å². The lowest BCUT2D eigenvalue weighted by Crippen LogP contribution is -2.38. The van der Waals surface area contributed by atoms with Crippen LogP contribution in [0.1, 0.15) is 35.5 Å². The van der Waals surface area contributed by atoms with Crippen molar-refractivity contribution in [1.82, 2.24) is 9.38 Å². The Morgan fingerprint density at radius 3 is 2.77 bits per heavy atom. The minimum Gasteiger partial charge on any atom is -0.489 e. The lowest BCUT2D eigenvalue weighted by Gasteiger charge is -2.29. The molecule has 6 heteroatoms. The molecule has 3 heterocycles. The van der Waals surface area contributed by atoms with E-state index in [2.05, 4.69) is 4.98 Å². The van der Waals surface area contributed by atoms with Gasteiger partial charge >= 0.3 is 0 Å². The summed E-state index contributed by atoms with van der Waals surface area (Å²) in [6.07, 6.45) is 3.58. The van der Waals surface area contributed by atoms with Gasteiger partial charge in [-0.25, -0.2) is 9.37 Å². The maximum atomic E-state index is 13.4. The minimum absolute atomic E-state index is 0.135. The Kier molecular flexibility index (Phi) is 4.93. The van der Waals surface area contributed by atoms with Crippen LogP contribution in [0, 0.1) is 19.7 Å². The van der Waals surface area contributed by atoms with Gasteiger partial charge < -0.3 is 14.0 Å². The number of hydrogen-bond donors (Lipinski definition) is 0. The molecule has 0 N–H and O–H groups in total. The smallest absolute Gasteiger partial charge is 0.260 e. The second-order valence-electron chi connectivity index (χ2n) is 5.92. The summed E-state index contributed by atoms with van der Waals surface area (Å²) in [5.41, 5.74) is 3.90. The highest BCUT2D eigenvalue weighted by atomic mass is 19.1. The van der Waals surface area contributed by atoms with E-state index in [1.54, 1.807) is 23.4 Å². The summed E-state index contributed by atoms with van der Waals surface area (Å²) in [6.45, 7) is 8.65. The van der Waals surface area contributed by atoms with E-state index in [1.807, 2.05) is 38.2 Å². The molecule has 4 rings (SSSR count). The number of hydrogen-bond acceptors (Lipinski definition) is 3. The number of fused-ring (bicyclic) bond motifs is 2. The predicted octanol–water partition coefficient (Wildman–Crippen LogP) is 4.16. The third kappa shape index (κ3) is 3.03. The Morgan fingerprint density at radius 2 is 2.00 bits per heavy atom. The number of ether oxygens (including phenoxy) is 1. The van der Waals surface area contributed by atoms with Crippen LogP contribution in [0.3, 0.4) is 0 Å². The van der Waals surface area contributed by atoms with Crippen molar-refractivity contribution in [3.63, 3.8) is 0 Å². The molecule has 0 radical (unpaired) electrons. The molecular weight excluding hydrogens is 333 g/mol.